The highest BCUT2D eigenvalue weighted by molar-refractivity contribution is 6.30. The quantitative estimate of drug-likeness (QED) is 0.696. The van der Waals surface area contributed by atoms with Crippen LogP contribution in [0.1, 0.15) is 16.7 Å². The van der Waals surface area contributed by atoms with E-state index in [1.807, 2.05) is 49.4 Å². The minimum absolute atomic E-state index is 0.00494. The van der Waals surface area contributed by atoms with E-state index in [9.17, 15) is 4.79 Å². The van der Waals surface area contributed by atoms with Crippen LogP contribution in [0.3, 0.4) is 0 Å². The van der Waals surface area contributed by atoms with Gasteiger partial charge in [0.25, 0.3) is 5.91 Å². The molecule has 1 aliphatic rings. The molecular weight excluding hydrogens is 336 g/mol. The Labute approximate surface area is 151 Å². The van der Waals surface area contributed by atoms with Gasteiger partial charge in [-0.25, -0.2) is 4.98 Å². The summed E-state index contributed by atoms with van der Waals surface area (Å²) in [5.41, 5.74) is 3.97. The lowest BCUT2D eigenvalue weighted by Crippen LogP contribution is -2.31. The third kappa shape index (κ3) is 3.17. The van der Waals surface area contributed by atoms with Crippen molar-refractivity contribution in [1.29, 1.82) is 0 Å². The molecule has 0 fully saturated rings. The second-order valence-electron chi connectivity index (χ2n) is 6.26. The highest BCUT2D eigenvalue weighted by atomic mass is 35.5. The van der Waals surface area contributed by atoms with Gasteiger partial charge in [0.05, 0.1) is 12.1 Å². The van der Waals surface area contributed by atoms with Gasteiger partial charge in [-0.05, 0) is 36.2 Å². The van der Waals surface area contributed by atoms with Crippen molar-refractivity contribution in [3.63, 3.8) is 0 Å². The summed E-state index contributed by atoms with van der Waals surface area (Å²) in [4.78, 5) is 18.9. The normalized spacial score (nSPS) is 14.2. The van der Waals surface area contributed by atoms with Gasteiger partial charge >= 0.3 is 0 Å². The van der Waals surface area contributed by atoms with Gasteiger partial charge in [-0.1, -0.05) is 41.9 Å². The number of aryl methyl sites for hydroxylation is 1. The van der Waals surface area contributed by atoms with Crippen LogP contribution in [0.2, 0.25) is 5.02 Å². The van der Waals surface area contributed by atoms with Crippen molar-refractivity contribution >= 4 is 28.4 Å². The van der Waals surface area contributed by atoms with E-state index < -0.39 is 0 Å². The number of aromatic nitrogens is 1. The van der Waals surface area contributed by atoms with Crippen molar-refractivity contribution in [1.82, 2.24) is 9.88 Å². The van der Waals surface area contributed by atoms with E-state index in [4.69, 9.17) is 16.3 Å². The monoisotopic (exact) mass is 352 g/mol. The number of ether oxygens (including phenoxy) is 1. The molecule has 3 aromatic rings. The van der Waals surface area contributed by atoms with Crippen molar-refractivity contribution in [3.05, 3.63) is 70.2 Å². The number of amides is 1. The first-order valence-electron chi connectivity index (χ1n) is 8.14. The zero-order chi connectivity index (χ0) is 17.4. The van der Waals surface area contributed by atoms with Crippen molar-refractivity contribution in [2.75, 3.05) is 6.61 Å². The molecule has 0 saturated carbocycles. The molecule has 5 heteroatoms. The first-order chi connectivity index (χ1) is 12.1. The summed E-state index contributed by atoms with van der Waals surface area (Å²) in [6.07, 6.45) is 0. The second kappa shape index (κ2) is 6.37. The molecular formula is C20H17ClN2O2. The van der Waals surface area contributed by atoms with Crippen molar-refractivity contribution in [2.24, 2.45) is 0 Å². The average molecular weight is 353 g/mol. The Morgan fingerprint density at radius 2 is 2.00 bits per heavy atom. The van der Waals surface area contributed by atoms with Crippen LogP contribution in [-0.2, 0) is 17.9 Å². The van der Waals surface area contributed by atoms with Crippen LogP contribution in [0.4, 0.5) is 0 Å². The Balaban J connectivity index is 1.68. The molecule has 1 aliphatic heterocycles. The van der Waals surface area contributed by atoms with Gasteiger partial charge in [0.15, 0.2) is 6.61 Å². The predicted octanol–water partition coefficient (Wildman–Crippen LogP) is 4.12. The first kappa shape index (κ1) is 15.9. The molecule has 1 amide bonds. The predicted molar refractivity (Wildman–Crippen MR) is 97.7 cm³/mol. The molecule has 1 aromatic heterocycles. The maximum Gasteiger partial charge on any atom is 0.261 e. The molecule has 2 aromatic carbocycles. The van der Waals surface area contributed by atoms with Gasteiger partial charge in [-0.3, -0.25) is 4.79 Å². The summed E-state index contributed by atoms with van der Waals surface area (Å²) >= 11 is 5.94. The third-order valence-electron chi connectivity index (χ3n) is 4.42. The lowest BCUT2D eigenvalue weighted by Gasteiger charge is -2.20. The van der Waals surface area contributed by atoms with Crippen LogP contribution in [-0.4, -0.2) is 22.4 Å². The molecule has 0 unspecified atom stereocenters. The number of carbonyl (C=O) groups is 1. The first-order valence-corrected chi connectivity index (χ1v) is 8.52. The molecule has 4 nitrogen and oxygen atoms in total. The van der Waals surface area contributed by atoms with Gasteiger partial charge in [-0.15, -0.1) is 0 Å². The van der Waals surface area contributed by atoms with Crippen molar-refractivity contribution in [3.8, 4) is 5.88 Å². The summed E-state index contributed by atoms with van der Waals surface area (Å²) in [6, 6.07) is 15.7. The van der Waals surface area contributed by atoms with Gasteiger partial charge in [-0.2, -0.15) is 0 Å². The Kier molecular flexibility index (Phi) is 4.06. The molecule has 25 heavy (non-hydrogen) atoms. The zero-order valence-corrected chi connectivity index (χ0v) is 14.6. The lowest BCUT2D eigenvalue weighted by atomic mass is 10.1. The SMILES string of the molecule is Cc1cccc2cc3c(nc12)OCC(=O)N(Cc1ccc(Cl)cc1)C3. The number of para-hydroxylation sites is 1. The van der Waals surface area contributed by atoms with E-state index in [-0.39, 0.29) is 12.5 Å². The maximum absolute atomic E-state index is 12.5. The number of nitrogens with zero attached hydrogens (tertiary/aromatic N) is 2. The van der Waals surface area contributed by atoms with Crippen LogP contribution in [0.25, 0.3) is 10.9 Å². The summed E-state index contributed by atoms with van der Waals surface area (Å²) in [5.74, 6) is 0.502. The maximum atomic E-state index is 12.5. The summed E-state index contributed by atoms with van der Waals surface area (Å²) in [5, 5.41) is 1.74. The van der Waals surface area contributed by atoms with E-state index >= 15 is 0 Å². The minimum Gasteiger partial charge on any atom is -0.467 e. The van der Waals surface area contributed by atoms with Gasteiger partial charge < -0.3 is 9.64 Å². The molecule has 0 radical (unpaired) electrons. The van der Waals surface area contributed by atoms with Crippen LogP contribution < -0.4 is 4.74 Å². The van der Waals surface area contributed by atoms with E-state index in [1.165, 1.54) is 0 Å². The number of rotatable bonds is 2. The number of hydrogen-bond acceptors (Lipinski definition) is 3. The number of halogens is 1. The molecule has 4 rings (SSSR count). The standard InChI is InChI=1S/C20H17ClN2O2/c1-13-3-2-4-15-9-16-11-23(10-14-5-7-17(21)8-6-14)18(24)12-25-20(16)22-19(13)15/h2-9H,10-12H2,1H3. The second-order valence-corrected chi connectivity index (χ2v) is 6.70. The molecule has 0 N–H and O–H groups in total. The molecule has 126 valence electrons. The Morgan fingerprint density at radius 1 is 1.20 bits per heavy atom. The minimum atomic E-state index is -0.0475. The fourth-order valence-corrected chi connectivity index (χ4v) is 3.21. The van der Waals surface area contributed by atoms with Gasteiger partial charge in [0, 0.05) is 22.5 Å². The number of carbonyl (C=O) groups excluding carboxylic acids is 1. The van der Waals surface area contributed by atoms with Crippen LogP contribution in [0.5, 0.6) is 5.88 Å². The highest BCUT2D eigenvalue weighted by Gasteiger charge is 2.23. The van der Waals surface area contributed by atoms with E-state index in [0.717, 1.165) is 27.6 Å². The van der Waals surface area contributed by atoms with E-state index in [0.29, 0.717) is 24.0 Å². The highest BCUT2D eigenvalue weighted by Crippen LogP contribution is 2.28. The molecule has 2 heterocycles. The lowest BCUT2D eigenvalue weighted by molar-refractivity contribution is -0.133. The van der Waals surface area contributed by atoms with Crippen LogP contribution in [0, 0.1) is 6.92 Å². The smallest absolute Gasteiger partial charge is 0.261 e. The molecule has 0 atom stereocenters. The number of pyridine rings is 1. The molecule has 0 saturated heterocycles. The van der Waals surface area contributed by atoms with Crippen LogP contribution in [0.15, 0.2) is 48.5 Å². The van der Waals surface area contributed by atoms with Gasteiger partial charge in [0.1, 0.15) is 0 Å². The fourth-order valence-electron chi connectivity index (χ4n) is 3.08. The van der Waals surface area contributed by atoms with E-state index in [1.54, 1.807) is 4.90 Å². The van der Waals surface area contributed by atoms with Crippen molar-refractivity contribution in [2.45, 2.75) is 20.0 Å². The summed E-state index contributed by atoms with van der Waals surface area (Å²) in [7, 11) is 0. The van der Waals surface area contributed by atoms with Gasteiger partial charge in [0.2, 0.25) is 5.88 Å². The third-order valence-corrected chi connectivity index (χ3v) is 4.67. The largest absolute Gasteiger partial charge is 0.467 e. The number of hydrogen-bond donors (Lipinski definition) is 0. The molecule has 0 aliphatic carbocycles. The van der Waals surface area contributed by atoms with Crippen molar-refractivity contribution < 1.29 is 9.53 Å². The topological polar surface area (TPSA) is 42.4 Å². The van der Waals surface area contributed by atoms with Crippen LogP contribution >= 0.6 is 11.6 Å². The molecule has 0 spiro atoms. The number of benzene rings is 2. The Morgan fingerprint density at radius 3 is 2.80 bits per heavy atom. The fraction of sp³-hybridized carbons (Fsp3) is 0.200. The average Bonchev–Trinajstić information content (AvgIpc) is 2.75. The number of fused-ring (bicyclic) bond motifs is 2. The summed E-state index contributed by atoms with van der Waals surface area (Å²) < 4.78 is 5.69. The Bertz CT molecular complexity index is 954. The summed E-state index contributed by atoms with van der Waals surface area (Å²) in [6.45, 7) is 3.03. The zero-order valence-electron chi connectivity index (χ0n) is 13.8. The molecule has 0 bridgehead atoms. The Hall–Kier alpha value is -2.59. The van der Waals surface area contributed by atoms with E-state index in [2.05, 4.69) is 11.1 Å².